The van der Waals surface area contributed by atoms with Gasteiger partial charge in [-0.1, -0.05) is 6.92 Å². The van der Waals surface area contributed by atoms with Crippen molar-refractivity contribution in [2.75, 3.05) is 20.3 Å². The number of hydrogen-bond acceptors (Lipinski definition) is 8. The molecule has 2 aromatic carbocycles. The van der Waals surface area contributed by atoms with Crippen molar-refractivity contribution in [3.63, 3.8) is 0 Å². The van der Waals surface area contributed by atoms with E-state index in [2.05, 4.69) is 12.2 Å². The summed E-state index contributed by atoms with van der Waals surface area (Å²) in [6.45, 7) is 8.24. The van der Waals surface area contributed by atoms with Crippen molar-refractivity contribution in [2.45, 2.75) is 70.6 Å². The van der Waals surface area contributed by atoms with Gasteiger partial charge in [-0.05, 0) is 100 Å². The molecule has 3 aromatic rings. The Hall–Kier alpha value is -3.82. The number of rotatable bonds is 13. The molecule has 4 rings (SSSR count). The fourth-order valence-corrected chi connectivity index (χ4v) is 4.78. The Morgan fingerprint density at radius 2 is 1.86 bits per heavy atom. The molecule has 1 aromatic heterocycles. The average Bonchev–Trinajstić information content (AvgIpc) is 2.97. The molecule has 0 unspecified atom stereocenters. The zero-order valence-corrected chi connectivity index (χ0v) is 24.8. The molecule has 9 heteroatoms. The monoisotopic (exact) mass is 578 g/mol. The van der Waals surface area contributed by atoms with E-state index >= 15 is 0 Å². The van der Waals surface area contributed by atoms with Crippen molar-refractivity contribution in [3.05, 3.63) is 77.2 Å². The average molecular weight is 579 g/mol. The molecular weight excluding hydrogens is 539 g/mol. The van der Waals surface area contributed by atoms with Crippen LogP contribution in [0, 0.1) is 5.82 Å². The Morgan fingerprint density at radius 3 is 2.48 bits per heavy atom. The van der Waals surface area contributed by atoms with Crippen LogP contribution >= 0.6 is 0 Å². The molecule has 2 heterocycles. The number of pyridine rings is 1. The first-order chi connectivity index (χ1) is 19.9. The lowest BCUT2D eigenvalue weighted by Gasteiger charge is -2.41. The van der Waals surface area contributed by atoms with Crippen LogP contribution < -0.4 is 14.8 Å². The maximum atomic E-state index is 13.6. The fraction of sp³-hybridized carbons (Fsp3) is 0.424. The van der Waals surface area contributed by atoms with Crippen LogP contribution in [0.25, 0.3) is 11.3 Å². The van der Waals surface area contributed by atoms with Gasteiger partial charge in [0.1, 0.15) is 24.1 Å². The van der Waals surface area contributed by atoms with E-state index in [1.807, 2.05) is 12.1 Å². The van der Waals surface area contributed by atoms with Crippen LogP contribution in [0.5, 0.6) is 11.5 Å². The molecule has 3 atom stereocenters. The summed E-state index contributed by atoms with van der Waals surface area (Å²) >= 11 is 0. The molecule has 1 fully saturated rings. The number of nitrogens with one attached hydrogen (secondary N) is 1. The maximum Gasteiger partial charge on any atom is 0.305 e. The first kappa shape index (κ1) is 31.1. The second-order valence-corrected chi connectivity index (χ2v) is 11.2. The van der Waals surface area contributed by atoms with Gasteiger partial charge < -0.3 is 24.6 Å². The number of aromatic nitrogens is 1. The summed E-state index contributed by atoms with van der Waals surface area (Å²) in [6.07, 6.45) is 0.975. The van der Waals surface area contributed by atoms with Crippen molar-refractivity contribution in [2.24, 2.45) is 0 Å². The van der Waals surface area contributed by atoms with Gasteiger partial charge in [0, 0.05) is 29.5 Å². The summed E-state index contributed by atoms with van der Waals surface area (Å²) in [4.78, 5) is 29.4. The number of benzene rings is 2. The van der Waals surface area contributed by atoms with Crippen molar-refractivity contribution in [3.8, 4) is 22.8 Å². The van der Waals surface area contributed by atoms with Gasteiger partial charge in [-0.3, -0.25) is 9.59 Å². The van der Waals surface area contributed by atoms with Gasteiger partial charge in [0.15, 0.2) is 17.3 Å². The minimum absolute atomic E-state index is 0.0632. The Labute approximate surface area is 246 Å². The third-order valence-corrected chi connectivity index (χ3v) is 7.71. The lowest BCUT2D eigenvalue weighted by Crippen LogP contribution is -2.51. The normalized spacial score (nSPS) is 18.4. The van der Waals surface area contributed by atoms with Gasteiger partial charge in [-0.2, -0.15) is 0 Å². The largest absolute Gasteiger partial charge is 0.493 e. The standard InChI is InChI=1S/C33H39FN2O6/c1-6-31(38)42-21(2)20-41-28-12-9-23(17-29(28)40-5)27(37)13-14-33(4,39)30-19-24(32(3)15-16-35-32)18-26(36-30)22-7-10-25(34)11-8-22/h7-12,17-19,21,35,39H,6,13-16,20H2,1-5H3/t21-,32+,33-/m1/s1. The minimum Gasteiger partial charge on any atom is -0.493 e. The quantitative estimate of drug-likeness (QED) is 0.197. The predicted molar refractivity (Wildman–Crippen MR) is 157 cm³/mol. The van der Waals surface area contributed by atoms with Crippen LogP contribution in [0.1, 0.15) is 75.0 Å². The third kappa shape index (κ3) is 7.33. The second-order valence-electron chi connectivity index (χ2n) is 11.2. The Bertz CT molecular complexity index is 1420. The number of esters is 1. The van der Waals surface area contributed by atoms with Crippen molar-refractivity contribution in [1.82, 2.24) is 10.3 Å². The SMILES string of the molecule is CCC(=O)O[C@H](C)COc1ccc(C(=O)CC[C@@](C)(O)c2cc([C@]3(C)CCN3)cc(-c3ccc(F)cc3)n2)cc1OC. The number of Topliss-reactive ketones (excluding diaryl/α,β-unsaturated/α-hetero) is 1. The number of carbonyl (C=O) groups is 2. The van der Waals surface area contributed by atoms with Crippen LogP contribution in [0.2, 0.25) is 0 Å². The van der Waals surface area contributed by atoms with E-state index in [1.165, 1.54) is 19.2 Å². The summed E-state index contributed by atoms with van der Waals surface area (Å²) in [5.41, 5.74) is 1.55. The fourth-order valence-electron chi connectivity index (χ4n) is 4.78. The van der Waals surface area contributed by atoms with E-state index in [1.54, 1.807) is 51.1 Å². The third-order valence-electron chi connectivity index (χ3n) is 7.71. The van der Waals surface area contributed by atoms with Gasteiger partial charge in [0.25, 0.3) is 0 Å². The predicted octanol–water partition coefficient (Wildman–Crippen LogP) is 5.70. The summed E-state index contributed by atoms with van der Waals surface area (Å²) in [5.74, 6) is -0.0177. The molecule has 2 N–H and O–H groups in total. The van der Waals surface area contributed by atoms with Crippen LogP contribution in [-0.2, 0) is 20.7 Å². The first-order valence-electron chi connectivity index (χ1n) is 14.2. The molecule has 0 saturated carbocycles. The highest BCUT2D eigenvalue weighted by atomic mass is 19.1. The molecule has 8 nitrogen and oxygen atoms in total. The van der Waals surface area contributed by atoms with Crippen LogP contribution in [-0.4, -0.2) is 48.2 Å². The summed E-state index contributed by atoms with van der Waals surface area (Å²) in [7, 11) is 1.48. The van der Waals surface area contributed by atoms with Gasteiger partial charge in [0.05, 0.1) is 18.5 Å². The summed E-state index contributed by atoms with van der Waals surface area (Å²) < 4.78 is 30.0. The summed E-state index contributed by atoms with van der Waals surface area (Å²) in [6, 6.07) is 14.8. The molecule has 0 radical (unpaired) electrons. The minimum atomic E-state index is -1.40. The number of ether oxygens (including phenoxy) is 3. The Balaban J connectivity index is 1.49. The number of hydrogen-bond donors (Lipinski definition) is 2. The van der Waals surface area contributed by atoms with Crippen molar-refractivity contribution >= 4 is 11.8 Å². The number of halogens is 1. The number of nitrogens with zero attached hydrogens (tertiary/aromatic N) is 1. The van der Waals surface area contributed by atoms with Crippen LogP contribution in [0.4, 0.5) is 4.39 Å². The Kier molecular flexibility index (Phi) is 9.64. The van der Waals surface area contributed by atoms with Gasteiger partial charge in [0.2, 0.25) is 0 Å². The van der Waals surface area contributed by atoms with E-state index < -0.39 is 11.7 Å². The molecule has 224 valence electrons. The second kappa shape index (κ2) is 13.0. The molecule has 1 aliphatic heterocycles. The van der Waals surface area contributed by atoms with E-state index in [-0.39, 0.29) is 49.0 Å². The maximum absolute atomic E-state index is 13.6. The van der Waals surface area contributed by atoms with E-state index in [0.29, 0.717) is 28.5 Å². The first-order valence-corrected chi connectivity index (χ1v) is 14.2. The summed E-state index contributed by atoms with van der Waals surface area (Å²) in [5, 5.41) is 15.0. The molecule has 0 amide bonds. The molecular formula is C33H39FN2O6. The molecule has 42 heavy (non-hydrogen) atoms. The molecule has 0 spiro atoms. The molecule has 0 aliphatic carbocycles. The highest BCUT2D eigenvalue weighted by Gasteiger charge is 2.36. The van der Waals surface area contributed by atoms with E-state index in [9.17, 15) is 19.1 Å². The zero-order chi connectivity index (χ0) is 30.5. The highest BCUT2D eigenvalue weighted by Crippen LogP contribution is 2.37. The number of ketones is 1. The van der Waals surface area contributed by atoms with Gasteiger partial charge in [-0.15, -0.1) is 0 Å². The van der Waals surface area contributed by atoms with Crippen LogP contribution in [0.3, 0.4) is 0 Å². The number of methoxy groups -OCH3 is 1. The highest BCUT2D eigenvalue weighted by molar-refractivity contribution is 5.96. The molecule has 1 saturated heterocycles. The van der Waals surface area contributed by atoms with Crippen molar-refractivity contribution < 1.29 is 33.3 Å². The van der Waals surface area contributed by atoms with E-state index in [4.69, 9.17) is 19.2 Å². The smallest absolute Gasteiger partial charge is 0.305 e. The Morgan fingerprint density at radius 1 is 1.14 bits per heavy atom. The van der Waals surface area contributed by atoms with Gasteiger partial charge >= 0.3 is 5.97 Å². The van der Waals surface area contributed by atoms with Crippen molar-refractivity contribution in [1.29, 1.82) is 0 Å². The molecule has 1 aliphatic rings. The number of aliphatic hydroxyl groups is 1. The van der Waals surface area contributed by atoms with Crippen LogP contribution in [0.15, 0.2) is 54.6 Å². The topological polar surface area (TPSA) is 107 Å². The van der Waals surface area contributed by atoms with Gasteiger partial charge in [-0.25, -0.2) is 9.37 Å². The zero-order valence-electron chi connectivity index (χ0n) is 24.8. The van der Waals surface area contributed by atoms with E-state index in [0.717, 1.165) is 24.1 Å². The number of carbonyl (C=O) groups excluding carboxylic acids is 2. The molecule has 0 bridgehead atoms. The lowest BCUT2D eigenvalue weighted by atomic mass is 9.81. The lowest BCUT2D eigenvalue weighted by molar-refractivity contribution is -0.149.